The predicted molar refractivity (Wildman–Crippen MR) is 154 cm³/mol. The number of esters is 1. The summed E-state index contributed by atoms with van der Waals surface area (Å²) >= 11 is 12.0. The number of ketones is 2. The molecule has 208 valence electrons. The number of benzene rings is 3. The standard InChI is InChI=1S/C32H25Cl2NO6/c1-3-41-30(39)28-24(29(38)20-10-14-23(34)15-11-20)16-21(17-27(37)19-8-12-22(33)13-9-19)32(28)25-6-4-5-7-26(25)35(18(2)36)31(32)40/h4-16,21,28H,3,17H2,1-2H3/t21-,28+,32-/m0/s1. The number of imide groups is 1. The fourth-order valence-corrected chi connectivity index (χ4v) is 6.22. The summed E-state index contributed by atoms with van der Waals surface area (Å²) in [6, 6.07) is 19.1. The fraction of sp³-hybridized carbons (Fsp3) is 0.219. The predicted octanol–water partition coefficient (Wildman–Crippen LogP) is 6.02. The van der Waals surface area contributed by atoms with Crippen molar-refractivity contribution in [2.45, 2.75) is 25.7 Å². The Morgan fingerprint density at radius 1 is 0.878 bits per heavy atom. The molecule has 3 aromatic carbocycles. The maximum atomic E-state index is 14.5. The summed E-state index contributed by atoms with van der Waals surface area (Å²) in [5, 5.41) is 0.873. The first-order valence-corrected chi connectivity index (χ1v) is 13.8. The number of hydrogen-bond donors (Lipinski definition) is 0. The van der Waals surface area contributed by atoms with E-state index in [0.717, 1.165) is 4.90 Å². The van der Waals surface area contributed by atoms with Crippen molar-refractivity contribution in [3.8, 4) is 0 Å². The van der Waals surface area contributed by atoms with Crippen molar-refractivity contribution in [1.82, 2.24) is 0 Å². The molecule has 5 rings (SSSR count). The highest BCUT2D eigenvalue weighted by atomic mass is 35.5. The molecule has 0 radical (unpaired) electrons. The molecule has 0 unspecified atom stereocenters. The van der Waals surface area contributed by atoms with E-state index in [1.54, 1.807) is 67.6 Å². The van der Waals surface area contributed by atoms with Crippen LogP contribution in [-0.4, -0.2) is 36.0 Å². The number of allylic oxidation sites excluding steroid dienone is 1. The van der Waals surface area contributed by atoms with Gasteiger partial charge in [-0.1, -0.05) is 47.5 Å². The number of carbonyl (C=O) groups excluding carboxylic acids is 5. The van der Waals surface area contributed by atoms with Gasteiger partial charge in [0.2, 0.25) is 11.8 Å². The van der Waals surface area contributed by atoms with Crippen LogP contribution in [0.15, 0.2) is 84.4 Å². The number of halogens is 2. The quantitative estimate of drug-likeness (QED) is 0.247. The average molecular weight is 590 g/mol. The van der Waals surface area contributed by atoms with E-state index in [-0.39, 0.29) is 29.9 Å². The molecule has 3 atom stereocenters. The van der Waals surface area contributed by atoms with Gasteiger partial charge in [0.25, 0.3) is 0 Å². The summed E-state index contributed by atoms with van der Waals surface area (Å²) in [6.07, 6.45) is 1.31. The molecule has 0 aromatic heterocycles. The number of nitrogens with zero attached hydrogens (tertiary/aromatic N) is 1. The van der Waals surface area contributed by atoms with Gasteiger partial charge in [-0.25, -0.2) is 4.90 Å². The molecule has 0 bridgehead atoms. The highest BCUT2D eigenvalue weighted by molar-refractivity contribution is 6.31. The van der Waals surface area contributed by atoms with Crippen molar-refractivity contribution in [3.63, 3.8) is 0 Å². The monoisotopic (exact) mass is 589 g/mol. The van der Waals surface area contributed by atoms with Crippen molar-refractivity contribution in [2.75, 3.05) is 11.5 Å². The minimum atomic E-state index is -1.77. The Labute approximate surface area is 246 Å². The molecule has 1 heterocycles. The third kappa shape index (κ3) is 4.69. The number of Topliss-reactive ketones (excluding diaryl/α,β-unsaturated/α-hetero) is 2. The second kappa shape index (κ2) is 11.1. The molecule has 0 saturated heterocycles. The summed E-state index contributed by atoms with van der Waals surface area (Å²) in [4.78, 5) is 69.7. The van der Waals surface area contributed by atoms with E-state index in [1.165, 1.54) is 25.1 Å². The van der Waals surface area contributed by atoms with Crippen LogP contribution in [0.2, 0.25) is 10.0 Å². The number of carbonyl (C=O) groups is 5. The highest BCUT2D eigenvalue weighted by Gasteiger charge is 2.67. The lowest BCUT2D eigenvalue weighted by molar-refractivity contribution is -0.152. The smallest absolute Gasteiger partial charge is 0.315 e. The van der Waals surface area contributed by atoms with Crippen LogP contribution in [0.4, 0.5) is 5.69 Å². The summed E-state index contributed by atoms with van der Waals surface area (Å²) in [5.74, 6) is -5.23. The molecule has 2 amide bonds. The van der Waals surface area contributed by atoms with Crippen molar-refractivity contribution < 1.29 is 28.7 Å². The second-order valence-electron chi connectivity index (χ2n) is 9.93. The second-order valence-corrected chi connectivity index (χ2v) is 10.8. The maximum Gasteiger partial charge on any atom is 0.315 e. The first-order chi connectivity index (χ1) is 19.6. The van der Waals surface area contributed by atoms with Crippen molar-refractivity contribution >= 4 is 58.2 Å². The van der Waals surface area contributed by atoms with E-state index in [9.17, 15) is 24.0 Å². The lowest BCUT2D eigenvalue weighted by Crippen LogP contribution is -2.52. The van der Waals surface area contributed by atoms with E-state index in [4.69, 9.17) is 27.9 Å². The molecule has 3 aromatic rings. The Kier molecular flexibility index (Phi) is 7.68. The van der Waals surface area contributed by atoms with Gasteiger partial charge < -0.3 is 4.74 Å². The Morgan fingerprint density at radius 3 is 2.05 bits per heavy atom. The summed E-state index contributed by atoms with van der Waals surface area (Å²) in [5.41, 5.74) is -0.469. The molecule has 0 fully saturated rings. The fourth-order valence-electron chi connectivity index (χ4n) is 5.97. The van der Waals surface area contributed by atoms with Crippen LogP contribution < -0.4 is 4.90 Å². The SMILES string of the molecule is CCOC(=O)[C@H]1C(C(=O)c2ccc(Cl)cc2)=C[C@@H](CC(=O)c2ccc(Cl)cc2)[C@@]12C(=O)N(C(C)=O)c1ccccc12. The van der Waals surface area contributed by atoms with Crippen LogP contribution in [0.1, 0.15) is 46.5 Å². The Morgan fingerprint density at radius 2 is 1.46 bits per heavy atom. The van der Waals surface area contributed by atoms with E-state index in [1.807, 2.05) is 0 Å². The van der Waals surface area contributed by atoms with Crippen LogP contribution in [-0.2, 0) is 24.5 Å². The van der Waals surface area contributed by atoms with Crippen LogP contribution in [0.25, 0.3) is 0 Å². The van der Waals surface area contributed by atoms with E-state index in [2.05, 4.69) is 0 Å². The first-order valence-electron chi connectivity index (χ1n) is 13.0. The number of ether oxygens (including phenoxy) is 1. The highest BCUT2D eigenvalue weighted by Crippen LogP contribution is 2.58. The first kappa shape index (κ1) is 28.5. The molecule has 1 spiro atoms. The summed E-state index contributed by atoms with van der Waals surface area (Å²) < 4.78 is 5.45. The van der Waals surface area contributed by atoms with Gasteiger partial charge in [0.15, 0.2) is 11.6 Å². The molecule has 0 saturated carbocycles. The molecule has 1 aliphatic carbocycles. The lowest BCUT2D eigenvalue weighted by Gasteiger charge is -2.35. The molecular formula is C32H25Cl2NO6. The Balaban J connectivity index is 1.74. The largest absolute Gasteiger partial charge is 0.465 e. The summed E-state index contributed by atoms with van der Waals surface area (Å²) in [7, 11) is 0. The minimum Gasteiger partial charge on any atom is -0.465 e. The number of anilines is 1. The van der Waals surface area contributed by atoms with Gasteiger partial charge in [-0.05, 0) is 67.1 Å². The van der Waals surface area contributed by atoms with Gasteiger partial charge in [0.1, 0.15) is 11.3 Å². The summed E-state index contributed by atoms with van der Waals surface area (Å²) in [6.45, 7) is 2.87. The van der Waals surface area contributed by atoms with Gasteiger partial charge >= 0.3 is 5.97 Å². The zero-order valence-corrected chi connectivity index (χ0v) is 23.7. The Hall–Kier alpha value is -4.07. The molecule has 9 heteroatoms. The van der Waals surface area contributed by atoms with Gasteiger partial charge in [0, 0.05) is 46.0 Å². The number of fused-ring (bicyclic) bond motifs is 2. The van der Waals surface area contributed by atoms with Gasteiger partial charge in [-0.2, -0.15) is 0 Å². The van der Waals surface area contributed by atoms with E-state index >= 15 is 0 Å². The van der Waals surface area contributed by atoms with Gasteiger partial charge in [-0.15, -0.1) is 0 Å². The van der Waals surface area contributed by atoms with Crippen LogP contribution >= 0.6 is 23.2 Å². The third-order valence-electron chi connectivity index (χ3n) is 7.66. The van der Waals surface area contributed by atoms with E-state index in [0.29, 0.717) is 26.9 Å². The number of amides is 2. The number of rotatable bonds is 7. The average Bonchev–Trinajstić information content (AvgIpc) is 3.42. The molecule has 2 aliphatic rings. The Bertz CT molecular complexity index is 1610. The third-order valence-corrected chi connectivity index (χ3v) is 8.16. The van der Waals surface area contributed by atoms with Crippen LogP contribution in [0, 0.1) is 11.8 Å². The molecule has 41 heavy (non-hydrogen) atoms. The molecule has 7 nitrogen and oxygen atoms in total. The maximum absolute atomic E-state index is 14.5. The van der Waals surface area contributed by atoms with Crippen LogP contribution in [0.3, 0.4) is 0 Å². The van der Waals surface area contributed by atoms with Crippen LogP contribution in [0.5, 0.6) is 0 Å². The number of para-hydroxylation sites is 1. The topological polar surface area (TPSA) is 97.8 Å². The van der Waals surface area contributed by atoms with Gasteiger partial charge in [-0.3, -0.25) is 24.0 Å². The lowest BCUT2D eigenvalue weighted by atomic mass is 9.64. The zero-order valence-electron chi connectivity index (χ0n) is 22.2. The van der Waals surface area contributed by atoms with Gasteiger partial charge in [0.05, 0.1) is 12.3 Å². The minimum absolute atomic E-state index is 0.00550. The number of hydrogen-bond acceptors (Lipinski definition) is 6. The normalized spacial score (nSPS) is 21.0. The molecular weight excluding hydrogens is 565 g/mol. The molecule has 0 N–H and O–H groups in total. The van der Waals surface area contributed by atoms with Crippen molar-refractivity contribution in [1.29, 1.82) is 0 Å². The van der Waals surface area contributed by atoms with Crippen molar-refractivity contribution in [2.24, 2.45) is 11.8 Å². The molecule has 1 aliphatic heterocycles. The zero-order chi connectivity index (χ0) is 29.5. The van der Waals surface area contributed by atoms with Crippen molar-refractivity contribution in [3.05, 3.63) is 111 Å². The van der Waals surface area contributed by atoms with E-state index < -0.39 is 40.8 Å².